The van der Waals surface area contributed by atoms with E-state index < -0.39 is 5.82 Å². The van der Waals surface area contributed by atoms with E-state index in [4.69, 9.17) is 15.1 Å². The lowest BCUT2D eigenvalue weighted by Gasteiger charge is -2.34. The third-order valence-electron chi connectivity index (χ3n) is 7.66. The highest BCUT2D eigenvalue weighted by molar-refractivity contribution is 6.00. The Hall–Kier alpha value is -3.56. The molecule has 2 aromatic heterocycles. The predicted octanol–water partition coefficient (Wildman–Crippen LogP) is 3.84. The van der Waals surface area contributed by atoms with Crippen LogP contribution in [0.1, 0.15) is 25.7 Å². The minimum absolute atomic E-state index is 0.0809. The number of hydrogen-bond acceptors (Lipinski definition) is 8. The van der Waals surface area contributed by atoms with Crippen LogP contribution in [0, 0.1) is 5.82 Å². The lowest BCUT2D eigenvalue weighted by Crippen LogP contribution is -2.51. The summed E-state index contributed by atoms with van der Waals surface area (Å²) < 4.78 is 16.3. The van der Waals surface area contributed by atoms with Gasteiger partial charge in [0.1, 0.15) is 22.8 Å². The summed E-state index contributed by atoms with van der Waals surface area (Å²) in [6, 6.07) is 11.8. The molecule has 37 heavy (non-hydrogen) atoms. The maximum Gasteiger partial charge on any atom is 0.228 e. The molecule has 0 spiro atoms. The van der Waals surface area contributed by atoms with Crippen molar-refractivity contribution in [3.63, 3.8) is 0 Å². The van der Waals surface area contributed by atoms with Gasteiger partial charge in [0.15, 0.2) is 5.82 Å². The van der Waals surface area contributed by atoms with Gasteiger partial charge >= 0.3 is 0 Å². The van der Waals surface area contributed by atoms with Crippen molar-refractivity contribution >= 4 is 33.4 Å². The summed E-state index contributed by atoms with van der Waals surface area (Å²) in [5, 5.41) is 23.3. The summed E-state index contributed by atoms with van der Waals surface area (Å²) in [5.41, 5.74) is 1.05. The number of piperazine rings is 1. The van der Waals surface area contributed by atoms with Gasteiger partial charge in [0.05, 0.1) is 5.39 Å². The summed E-state index contributed by atoms with van der Waals surface area (Å²) >= 11 is 0. The van der Waals surface area contributed by atoms with E-state index >= 15 is 4.39 Å². The Morgan fingerprint density at radius 2 is 1.68 bits per heavy atom. The van der Waals surface area contributed by atoms with E-state index in [2.05, 4.69) is 20.1 Å². The molecule has 0 radical (unpaired) electrons. The van der Waals surface area contributed by atoms with Crippen LogP contribution in [0.2, 0.25) is 0 Å². The first-order chi connectivity index (χ1) is 18.1. The number of phenolic OH excluding ortho intramolecular Hbond substituents is 1. The third-order valence-corrected chi connectivity index (χ3v) is 7.66. The van der Waals surface area contributed by atoms with Gasteiger partial charge in [0, 0.05) is 57.1 Å². The fourth-order valence-corrected chi connectivity index (χ4v) is 5.98. The largest absolute Gasteiger partial charge is 0.508 e. The van der Waals surface area contributed by atoms with Gasteiger partial charge < -0.3 is 25.3 Å². The molecule has 0 amide bonds. The molecule has 3 N–H and O–H groups in total. The summed E-state index contributed by atoms with van der Waals surface area (Å²) in [4.78, 5) is 18.7. The van der Waals surface area contributed by atoms with Crippen LogP contribution in [0.25, 0.3) is 32.9 Å². The smallest absolute Gasteiger partial charge is 0.228 e. The monoisotopic (exact) mass is 502 g/mol. The molecule has 5 heterocycles. The maximum absolute atomic E-state index is 16.3. The van der Waals surface area contributed by atoms with Crippen LogP contribution >= 0.6 is 0 Å². The van der Waals surface area contributed by atoms with E-state index in [1.807, 2.05) is 24.3 Å². The van der Waals surface area contributed by atoms with Gasteiger partial charge in [-0.15, -0.1) is 0 Å². The number of aromatic nitrogens is 3. The molecule has 0 aliphatic carbocycles. The highest BCUT2D eigenvalue weighted by Crippen LogP contribution is 2.37. The molecule has 2 atom stereocenters. The van der Waals surface area contributed by atoms with Crippen molar-refractivity contribution in [3.8, 4) is 17.0 Å². The zero-order valence-electron chi connectivity index (χ0n) is 20.9. The third kappa shape index (κ3) is 4.22. The molecule has 3 aliphatic heterocycles. The first-order valence-corrected chi connectivity index (χ1v) is 12.9. The molecular formula is C28H31FN6O2. The van der Waals surface area contributed by atoms with Gasteiger partial charge in [0.2, 0.25) is 5.95 Å². The molecule has 3 fully saturated rings. The highest BCUT2D eigenvalue weighted by atomic mass is 19.1. The Bertz CT molecular complexity index is 1450. The first kappa shape index (κ1) is 23.8. The number of phenols is 1. The van der Waals surface area contributed by atoms with Crippen molar-refractivity contribution in [1.82, 2.24) is 20.3 Å². The van der Waals surface area contributed by atoms with Gasteiger partial charge in [0.25, 0.3) is 0 Å². The lowest BCUT2D eigenvalue weighted by molar-refractivity contribution is 0.399. The Morgan fingerprint density at radius 1 is 0.946 bits per heavy atom. The van der Waals surface area contributed by atoms with Gasteiger partial charge in [-0.2, -0.15) is 4.98 Å². The second-order valence-corrected chi connectivity index (χ2v) is 9.98. The number of aliphatic hydroxyl groups excluding tert-OH is 1. The zero-order chi connectivity index (χ0) is 25.5. The SMILES string of the molecule is CO.Oc1cc(-c2ncc3c(N4CC5CCC(C4)N5)nc(N4CCCC4)nc3c2F)c2ccccc2c1. The molecule has 7 rings (SSSR count). The van der Waals surface area contributed by atoms with E-state index in [0.717, 1.165) is 75.6 Å². The Labute approximate surface area is 214 Å². The summed E-state index contributed by atoms with van der Waals surface area (Å²) in [6.07, 6.45) is 6.20. The number of nitrogens with one attached hydrogen (secondary N) is 1. The van der Waals surface area contributed by atoms with Gasteiger partial charge in [-0.25, -0.2) is 9.37 Å². The fourth-order valence-electron chi connectivity index (χ4n) is 5.98. The fraction of sp³-hybridized carbons (Fsp3) is 0.393. The number of rotatable bonds is 3. The Balaban J connectivity index is 0.00000123. The van der Waals surface area contributed by atoms with Crippen molar-refractivity contribution in [2.75, 3.05) is 43.1 Å². The molecule has 192 valence electrons. The van der Waals surface area contributed by atoms with Crippen LogP contribution in [0.15, 0.2) is 42.6 Å². The van der Waals surface area contributed by atoms with Gasteiger partial charge in [-0.05, 0) is 48.6 Å². The van der Waals surface area contributed by atoms with Crippen LogP contribution in [0.3, 0.4) is 0 Å². The van der Waals surface area contributed by atoms with Crippen molar-refractivity contribution in [2.24, 2.45) is 0 Å². The summed E-state index contributed by atoms with van der Waals surface area (Å²) in [7, 11) is 1.00. The number of anilines is 2. The molecule has 8 nitrogen and oxygen atoms in total. The van der Waals surface area contributed by atoms with Crippen LogP contribution in [-0.2, 0) is 0 Å². The average Bonchev–Trinajstić information content (AvgIpc) is 3.59. The van der Waals surface area contributed by atoms with Gasteiger partial charge in [-0.3, -0.25) is 4.98 Å². The van der Waals surface area contributed by atoms with E-state index in [9.17, 15) is 5.11 Å². The predicted molar refractivity (Wildman–Crippen MR) is 144 cm³/mol. The summed E-state index contributed by atoms with van der Waals surface area (Å²) in [6.45, 7) is 3.47. The number of fused-ring (bicyclic) bond motifs is 4. The van der Waals surface area contributed by atoms with Crippen molar-refractivity contribution in [1.29, 1.82) is 0 Å². The minimum Gasteiger partial charge on any atom is -0.508 e. The molecule has 2 aromatic carbocycles. The van der Waals surface area contributed by atoms with Crippen LogP contribution in [0.4, 0.5) is 16.2 Å². The van der Waals surface area contributed by atoms with Gasteiger partial charge in [-0.1, -0.05) is 24.3 Å². The molecule has 2 bridgehead atoms. The number of halogens is 1. The normalized spacial score (nSPS) is 20.9. The lowest BCUT2D eigenvalue weighted by atomic mass is 10.00. The highest BCUT2D eigenvalue weighted by Gasteiger charge is 2.34. The number of hydrogen-bond donors (Lipinski definition) is 3. The number of nitrogens with zero attached hydrogens (tertiary/aromatic N) is 5. The first-order valence-electron chi connectivity index (χ1n) is 12.9. The topological polar surface area (TPSA) is 97.6 Å². The van der Waals surface area contributed by atoms with Crippen molar-refractivity contribution < 1.29 is 14.6 Å². The van der Waals surface area contributed by atoms with E-state index in [1.165, 1.54) is 0 Å². The number of pyridine rings is 1. The molecular weight excluding hydrogens is 471 g/mol. The Morgan fingerprint density at radius 3 is 2.43 bits per heavy atom. The molecule has 3 aliphatic rings. The van der Waals surface area contributed by atoms with E-state index in [0.29, 0.717) is 34.5 Å². The average molecular weight is 503 g/mol. The van der Waals surface area contributed by atoms with Crippen LogP contribution < -0.4 is 15.1 Å². The van der Waals surface area contributed by atoms with Crippen molar-refractivity contribution in [3.05, 3.63) is 48.4 Å². The Kier molecular flexibility index (Phi) is 6.26. The second kappa shape index (κ2) is 9.72. The second-order valence-electron chi connectivity index (χ2n) is 9.98. The van der Waals surface area contributed by atoms with E-state index in [1.54, 1.807) is 18.3 Å². The molecule has 0 saturated carbocycles. The quantitative estimate of drug-likeness (QED) is 0.389. The molecule has 9 heteroatoms. The van der Waals surface area contributed by atoms with E-state index in [-0.39, 0.29) is 11.4 Å². The maximum atomic E-state index is 16.3. The summed E-state index contributed by atoms with van der Waals surface area (Å²) in [5.74, 6) is 0.972. The standard InChI is InChI=1S/C27H27FN6O.CH4O/c28-23-24(21-12-19(35)11-16-5-1-2-6-20(16)21)29-13-22-25(23)31-27(33-9-3-4-10-33)32-26(22)34-14-17-7-8-18(15-34)30-17;1-2/h1-2,5-6,11-13,17-18,30,35H,3-4,7-10,14-15H2;2H,1H3. The number of aliphatic hydroxyl groups is 1. The molecule has 3 saturated heterocycles. The zero-order valence-corrected chi connectivity index (χ0v) is 20.9. The molecule has 4 aromatic rings. The van der Waals surface area contributed by atoms with Crippen LogP contribution in [-0.4, -0.2) is 70.5 Å². The van der Waals surface area contributed by atoms with Crippen molar-refractivity contribution in [2.45, 2.75) is 37.8 Å². The molecule has 2 unspecified atom stereocenters. The minimum atomic E-state index is -0.472. The van der Waals surface area contributed by atoms with Crippen LogP contribution in [0.5, 0.6) is 5.75 Å². The number of benzene rings is 2. The number of aromatic hydroxyl groups is 1.